The normalized spacial score (nSPS) is 20.5. The number of nitrogens with one attached hydrogen (secondary N) is 1. The number of methoxy groups -OCH3 is 2. The summed E-state index contributed by atoms with van der Waals surface area (Å²) in [7, 11) is 3.21. The quantitative estimate of drug-likeness (QED) is 0.598. The number of hydrogen-bond donors (Lipinski definition) is 1. The van der Waals surface area contributed by atoms with Gasteiger partial charge in [0, 0.05) is 28.3 Å². The summed E-state index contributed by atoms with van der Waals surface area (Å²) in [6, 6.07) is 9.72. The topological polar surface area (TPSA) is 73.9 Å². The molecule has 174 valence electrons. The van der Waals surface area contributed by atoms with Crippen molar-refractivity contribution in [1.29, 1.82) is 0 Å². The molecule has 7 heteroatoms. The number of carbonyl (C=O) groups excluding carboxylic acids is 2. The molecular formula is C26H29NO5S. The highest BCUT2D eigenvalue weighted by Crippen LogP contribution is 2.47. The third-order valence-electron chi connectivity index (χ3n) is 6.10. The van der Waals surface area contributed by atoms with E-state index in [4.69, 9.17) is 14.2 Å². The van der Waals surface area contributed by atoms with Crippen LogP contribution in [-0.4, -0.2) is 32.1 Å². The molecule has 1 aliphatic heterocycles. The molecule has 0 saturated carbocycles. The minimum atomic E-state index is -0.411. The van der Waals surface area contributed by atoms with Crippen molar-refractivity contribution in [3.8, 4) is 11.5 Å². The number of carbonyl (C=O) groups is 2. The van der Waals surface area contributed by atoms with E-state index in [0.717, 1.165) is 21.8 Å². The van der Waals surface area contributed by atoms with Gasteiger partial charge in [-0.25, -0.2) is 4.79 Å². The Bertz CT molecular complexity index is 1130. The van der Waals surface area contributed by atoms with Crippen LogP contribution in [0, 0.1) is 0 Å². The number of allylic oxidation sites excluding steroid dienone is 3. The molecule has 1 aromatic carbocycles. The Balaban J connectivity index is 1.73. The Hall–Kier alpha value is -3.06. The van der Waals surface area contributed by atoms with Gasteiger partial charge in [-0.2, -0.15) is 0 Å². The first-order valence-corrected chi connectivity index (χ1v) is 11.9. The second kappa shape index (κ2) is 9.43. The second-order valence-corrected chi connectivity index (χ2v) is 9.58. The summed E-state index contributed by atoms with van der Waals surface area (Å²) in [4.78, 5) is 27.6. The fraction of sp³-hybridized carbons (Fsp3) is 0.385. The number of thiophene rings is 1. The third kappa shape index (κ3) is 4.42. The van der Waals surface area contributed by atoms with Crippen molar-refractivity contribution in [2.75, 3.05) is 14.2 Å². The molecule has 1 aliphatic carbocycles. The minimum Gasteiger partial charge on any atom is -0.493 e. The van der Waals surface area contributed by atoms with Crippen molar-refractivity contribution in [3.05, 3.63) is 68.7 Å². The fourth-order valence-electron chi connectivity index (χ4n) is 4.67. The Morgan fingerprint density at radius 2 is 1.88 bits per heavy atom. The molecular weight excluding hydrogens is 438 g/mol. The molecule has 0 unspecified atom stereocenters. The average molecular weight is 468 g/mol. The van der Waals surface area contributed by atoms with E-state index in [1.807, 2.05) is 56.5 Å². The van der Waals surface area contributed by atoms with Gasteiger partial charge >= 0.3 is 5.97 Å². The van der Waals surface area contributed by atoms with Gasteiger partial charge in [-0.3, -0.25) is 4.79 Å². The molecule has 2 atom stereocenters. The highest BCUT2D eigenvalue weighted by molar-refractivity contribution is 7.10. The largest absolute Gasteiger partial charge is 0.493 e. The fourth-order valence-corrected chi connectivity index (χ4v) is 5.51. The van der Waals surface area contributed by atoms with Crippen LogP contribution in [0.5, 0.6) is 11.5 Å². The number of esters is 1. The van der Waals surface area contributed by atoms with Crippen LogP contribution in [0.1, 0.15) is 55.9 Å². The molecule has 2 heterocycles. The van der Waals surface area contributed by atoms with Gasteiger partial charge in [0.2, 0.25) is 0 Å². The summed E-state index contributed by atoms with van der Waals surface area (Å²) in [5.74, 6) is 0.559. The van der Waals surface area contributed by atoms with E-state index < -0.39 is 5.92 Å². The molecule has 2 aliphatic rings. The zero-order chi connectivity index (χ0) is 23.7. The lowest BCUT2D eigenvalue weighted by Crippen LogP contribution is -2.36. The second-order valence-electron chi connectivity index (χ2n) is 8.60. The molecule has 1 aromatic heterocycles. The van der Waals surface area contributed by atoms with Gasteiger partial charge in [0.05, 0.1) is 31.8 Å². The maximum atomic E-state index is 13.6. The van der Waals surface area contributed by atoms with E-state index in [1.54, 1.807) is 25.6 Å². The van der Waals surface area contributed by atoms with Crippen molar-refractivity contribution < 1.29 is 23.8 Å². The Kier molecular flexibility index (Phi) is 6.61. The molecule has 0 amide bonds. The summed E-state index contributed by atoms with van der Waals surface area (Å²) >= 11 is 1.55. The van der Waals surface area contributed by atoms with Crippen LogP contribution in [0.3, 0.4) is 0 Å². The van der Waals surface area contributed by atoms with E-state index in [9.17, 15) is 9.59 Å². The number of Topliss-reactive ketones (excluding diaryl/α,β-unsaturated/α-hetero) is 1. The number of hydrogen-bond acceptors (Lipinski definition) is 7. The van der Waals surface area contributed by atoms with Gasteiger partial charge in [0.1, 0.15) is 0 Å². The number of rotatable bonds is 6. The summed E-state index contributed by atoms with van der Waals surface area (Å²) < 4.78 is 16.4. The van der Waals surface area contributed by atoms with Crippen LogP contribution in [0.15, 0.2) is 58.3 Å². The first-order valence-electron chi connectivity index (χ1n) is 11.0. The molecule has 33 heavy (non-hydrogen) atoms. The predicted molar refractivity (Wildman–Crippen MR) is 128 cm³/mol. The summed E-state index contributed by atoms with van der Waals surface area (Å²) in [6.07, 6.45) is 0.791. The molecule has 1 N–H and O–H groups in total. The molecule has 0 spiro atoms. The van der Waals surface area contributed by atoms with Gasteiger partial charge in [0.25, 0.3) is 0 Å². The van der Waals surface area contributed by atoms with Gasteiger partial charge in [0.15, 0.2) is 17.3 Å². The van der Waals surface area contributed by atoms with Gasteiger partial charge in [-0.15, -0.1) is 11.3 Å². The predicted octanol–water partition coefficient (Wildman–Crippen LogP) is 5.08. The van der Waals surface area contributed by atoms with Crippen molar-refractivity contribution in [2.24, 2.45) is 0 Å². The minimum absolute atomic E-state index is 0.00417. The Labute approximate surface area is 198 Å². The van der Waals surface area contributed by atoms with Crippen molar-refractivity contribution >= 4 is 23.1 Å². The maximum Gasteiger partial charge on any atom is 0.337 e. The number of dihydropyridines is 1. The summed E-state index contributed by atoms with van der Waals surface area (Å²) in [5, 5.41) is 5.35. The Morgan fingerprint density at radius 1 is 1.12 bits per heavy atom. The van der Waals surface area contributed by atoms with E-state index in [0.29, 0.717) is 35.5 Å². The average Bonchev–Trinajstić information content (AvgIpc) is 3.31. The molecule has 6 nitrogen and oxygen atoms in total. The summed E-state index contributed by atoms with van der Waals surface area (Å²) in [5.41, 5.74) is 3.83. The molecule has 0 radical (unpaired) electrons. The van der Waals surface area contributed by atoms with E-state index in [-0.39, 0.29) is 23.8 Å². The number of ether oxygens (including phenoxy) is 3. The zero-order valence-electron chi connectivity index (χ0n) is 19.6. The standard InChI is InChI=1S/C26H29NO5S/c1-14(2)32-26(29)23-15(3)27-18-11-17(16-8-9-20(30-4)21(13-16)31-5)12-19(28)24(18)25(23)22-7-6-10-33-22/h6-10,13-14,17,25,27H,11-12H2,1-5H3/t17-,25-/m0/s1. The molecule has 0 bridgehead atoms. The molecule has 4 rings (SSSR count). The number of benzene rings is 1. The van der Waals surface area contributed by atoms with Crippen LogP contribution in [-0.2, 0) is 14.3 Å². The van der Waals surface area contributed by atoms with Crippen LogP contribution >= 0.6 is 11.3 Å². The molecule has 0 fully saturated rings. The third-order valence-corrected chi connectivity index (χ3v) is 7.03. The van der Waals surface area contributed by atoms with Crippen molar-refractivity contribution in [1.82, 2.24) is 5.32 Å². The van der Waals surface area contributed by atoms with Gasteiger partial charge in [-0.1, -0.05) is 12.1 Å². The maximum absolute atomic E-state index is 13.6. The van der Waals surface area contributed by atoms with E-state index in [1.165, 1.54) is 0 Å². The van der Waals surface area contributed by atoms with Crippen LogP contribution in [0.25, 0.3) is 0 Å². The molecule has 2 aromatic rings. The monoisotopic (exact) mass is 467 g/mol. The van der Waals surface area contributed by atoms with Crippen LogP contribution in [0.2, 0.25) is 0 Å². The first kappa shape index (κ1) is 23.1. The van der Waals surface area contributed by atoms with E-state index >= 15 is 0 Å². The Morgan fingerprint density at radius 3 is 2.52 bits per heavy atom. The van der Waals surface area contributed by atoms with Crippen molar-refractivity contribution in [3.63, 3.8) is 0 Å². The first-order chi connectivity index (χ1) is 15.8. The highest BCUT2D eigenvalue weighted by atomic mass is 32.1. The van der Waals surface area contributed by atoms with Gasteiger partial charge < -0.3 is 19.5 Å². The summed E-state index contributed by atoms with van der Waals surface area (Å²) in [6.45, 7) is 5.54. The van der Waals surface area contributed by atoms with E-state index in [2.05, 4.69) is 5.32 Å². The molecule has 0 saturated heterocycles. The lowest BCUT2D eigenvalue weighted by Gasteiger charge is -2.36. The highest BCUT2D eigenvalue weighted by Gasteiger charge is 2.42. The number of ketones is 1. The van der Waals surface area contributed by atoms with Gasteiger partial charge in [-0.05, 0) is 62.3 Å². The zero-order valence-corrected chi connectivity index (χ0v) is 20.4. The smallest absolute Gasteiger partial charge is 0.337 e. The van der Waals surface area contributed by atoms with Crippen LogP contribution in [0.4, 0.5) is 0 Å². The van der Waals surface area contributed by atoms with Crippen LogP contribution < -0.4 is 14.8 Å². The lowest BCUT2D eigenvalue weighted by atomic mass is 9.73. The SMILES string of the molecule is COc1ccc([C@@H]2CC(=O)C3=C(C2)NC(C)=C(C(=O)OC(C)C)[C@@H]3c2cccs2)cc1OC. The van der Waals surface area contributed by atoms with Crippen molar-refractivity contribution in [2.45, 2.75) is 51.6 Å². The lowest BCUT2D eigenvalue weighted by molar-refractivity contribution is -0.143.